The molecule has 0 fully saturated rings. The Morgan fingerprint density at radius 2 is 0.758 bits per heavy atom. The van der Waals surface area contributed by atoms with Crippen LogP contribution in [-0.2, 0) is 0 Å². The van der Waals surface area contributed by atoms with E-state index in [1.54, 1.807) is 0 Å². The summed E-state index contributed by atoms with van der Waals surface area (Å²) in [5.74, 6) is 0. The predicted octanol–water partition coefficient (Wildman–Crippen LogP) is 9.28. The maximum Gasteiger partial charge on any atom is -0.0146 e. The van der Waals surface area contributed by atoms with Crippen molar-refractivity contribution in [3.05, 3.63) is 132 Å². The van der Waals surface area contributed by atoms with Gasteiger partial charge in [-0.05, 0) is 82.0 Å². The van der Waals surface area contributed by atoms with E-state index in [1.165, 1.54) is 61.2 Å². The number of hydrogen-bond donors (Lipinski definition) is 0. The molecule has 0 unspecified atom stereocenters. The highest BCUT2D eigenvalue weighted by molar-refractivity contribution is 5.83. The molecule has 0 bridgehead atoms. The zero-order chi connectivity index (χ0) is 22.8. The molecule has 0 N–H and O–H groups in total. The normalized spacial score (nSPS) is 10.9. The molecule has 0 spiro atoms. The fourth-order valence-corrected chi connectivity index (χ4v) is 4.77. The van der Waals surface area contributed by atoms with Crippen molar-refractivity contribution in [1.29, 1.82) is 0 Å². The third kappa shape index (κ3) is 4.13. The Morgan fingerprint density at radius 1 is 0.333 bits per heavy atom. The molecule has 0 saturated heterocycles. The SMILES string of the molecule is Cc1cc(-c2ccccc2)ccc1-c1cccc(-c2ccc(-c3ccccc3)cc2C)c1C. The first-order valence-electron chi connectivity index (χ1n) is 11.5. The van der Waals surface area contributed by atoms with Gasteiger partial charge in [-0.3, -0.25) is 0 Å². The van der Waals surface area contributed by atoms with Crippen LogP contribution in [0.4, 0.5) is 0 Å². The van der Waals surface area contributed by atoms with Crippen LogP contribution in [0.5, 0.6) is 0 Å². The van der Waals surface area contributed by atoms with Crippen molar-refractivity contribution in [2.45, 2.75) is 20.8 Å². The van der Waals surface area contributed by atoms with Gasteiger partial charge in [0.25, 0.3) is 0 Å². The summed E-state index contributed by atoms with van der Waals surface area (Å²) in [6.07, 6.45) is 0. The molecule has 0 amide bonds. The molecule has 0 heteroatoms. The van der Waals surface area contributed by atoms with Gasteiger partial charge in [-0.2, -0.15) is 0 Å². The van der Waals surface area contributed by atoms with Gasteiger partial charge in [0.05, 0.1) is 0 Å². The highest BCUT2D eigenvalue weighted by Gasteiger charge is 2.13. The number of benzene rings is 5. The second-order valence-electron chi connectivity index (χ2n) is 8.77. The predicted molar refractivity (Wildman–Crippen MR) is 142 cm³/mol. The number of aryl methyl sites for hydroxylation is 2. The number of rotatable bonds is 4. The Kier molecular flexibility index (Phi) is 5.67. The standard InChI is InChI=1S/C33H28/c1-23-21-28(26-11-6-4-7-12-26)17-19-30(23)32-15-10-16-33(25(32)3)31-20-18-29(22-24(31)2)27-13-8-5-9-14-27/h4-22H,1-3H3. The van der Waals surface area contributed by atoms with Gasteiger partial charge in [0.15, 0.2) is 0 Å². The minimum absolute atomic E-state index is 1.26. The van der Waals surface area contributed by atoms with E-state index >= 15 is 0 Å². The lowest BCUT2D eigenvalue weighted by atomic mass is 9.88. The minimum atomic E-state index is 1.26. The topological polar surface area (TPSA) is 0 Å². The summed E-state index contributed by atoms with van der Waals surface area (Å²) in [4.78, 5) is 0. The van der Waals surface area contributed by atoms with Gasteiger partial charge in [0, 0.05) is 0 Å². The van der Waals surface area contributed by atoms with Crippen molar-refractivity contribution in [3.8, 4) is 44.5 Å². The summed E-state index contributed by atoms with van der Waals surface area (Å²) in [7, 11) is 0. The van der Waals surface area contributed by atoms with Crippen LogP contribution in [-0.4, -0.2) is 0 Å². The highest BCUT2D eigenvalue weighted by atomic mass is 14.2. The van der Waals surface area contributed by atoms with Gasteiger partial charge in [-0.15, -0.1) is 0 Å². The van der Waals surface area contributed by atoms with Gasteiger partial charge in [-0.25, -0.2) is 0 Å². The molecule has 0 nitrogen and oxygen atoms in total. The molecule has 33 heavy (non-hydrogen) atoms. The molecule has 0 radical (unpaired) electrons. The zero-order valence-electron chi connectivity index (χ0n) is 19.5. The first-order chi connectivity index (χ1) is 16.1. The van der Waals surface area contributed by atoms with Crippen molar-refractivity contribution in [2.24, 2.45) is 0 Å². The second-order valence-corrected chi connectivity index (χ2v) is 8.77. The van der Waals surface area contributed by atoms with E-state index in [0.29, 0.717) is 0 Å². The van der Waals surface area contributed by atoms with Gasteiger partial charge in [-0.1, -0.05) is 115 Å². The molecule has 0 aliphatic rings. The van der Waals surface area contributed by atoms with Crippen molar-refractivity contribution < 1.29 is 0 Å². The molecule has 0 aliphatic carbocycles. The summed E-state index contributed by atoms with van der Waals surface area (Å²) in [5.41, 5.74) is 14.2. The lowest BCUT2D eigenvalue weighted by molar-refractivity contribution is 1.38. The minimum Gasteiger partial charge on any atom is -0.0622 e. The van der Waals surface area contributed by atoms with Crippen LogP contribution in [0.2, 0.25) is 0 Å². The monoisotopic (exact) mass is 424 g/mol. The summed E-state index contributed by atoms with van der Waals surface area (Å²) in [6, 6.07) is 41.5. The average Bonchev–Trinajstić information content (AvgIpc) is 2.86. The maximum atomic E-state index is 2.30. The molecule has 0 aromatic heterocycles. The molecule has 0 heterocycles. The third-order valence-corrected chi connectivity index (χ3v) is 6.58. The molecular formula is C33H28. The van der Waals surface area contributed by atoms with Crippen LogP contribution < -0.4 is 0 Å². The Hall–Kier alpha value is -3.90. The average molecular weight is 425 g/mol. The first kappa shape index (κ1) is 21.0. The quantitative estimate of drug-likeness (QED) is 0.270. The molecule has 5 aromatic rings. The van der Waals surface area contributed by atoms with Crippen molar-refractivity contribution in [2.75, 3.05) is 0 Å². The van der Waals surface area contributed by atoms with Crippen LogP contribution in [0.3, 0.4) is 0 Å². The molecule has 5 aromatic carbocycles. The Bertz CT molecular complexity index is 1300. The zero-order valence-corrected chi connectivity index (χ0v) is 19.5. The number of hydrogen-bond acceptors (Lipinski definition) is 0. The fourth-order valence-electron chi connectivity index (χ4n) is 4.77. The molecule has 0 aliphatic heterocycles. The van der Waals surface area contributed by atoms with Crippen molar-refractivity contribution in [1.82, 2.24) is 0 Å². The van der Waals surface area contributed by atoms with Gasteiger partial charge in [0.1, 0.15) is 0 Å². The molecule has 0 atom stereocenters. The maximum absolute atomic E-state index is 2.30. The van der Waals surface area contributed by atoms with E-state index in [2.05, 4.69) is 136 Å². The Balaban J connectivity index is 1.54. The summed E-state index contributed by atoms with van der Waals surface area (Å²) >= 11 is 0. The largest absolute Gasteiger partial charge is 0.0622 e. The Morgan fingerprint density at radius 3 is 1.15 bits per heavy atom. The fraction of sp³-hybridized carbons (Fsp3) is 0.0909. The van der Waals surface area contributed by atoms with E-state index in [4.69, 9.17) is 0 Å². The van der Waals surface area contributed by atoms with E-state index in [0.717, 1.165) is 0 Å². The second kappa shape index (κ2) is 8.92. The molecule has 5 rings (SSSR count). The van der Waals surface area contributed by atoms with Crippen LogP contribution >= 0.6 is 0 Å². The lowest BCUT2D eigenvalue weighted by Gasteiger charge is -2.17. The van der Waals surface area contributed by atoms with Crippen LogP contribution in [0.15, 0.2) is 115 Å². The summed E-state index contributed by atoms with van der Waals surface area (Å²) in [6.45, 7) is 6.68. The van der Waals surface area contributed by atoms with Crippen LogP contribution in [0.1, 0.15) is 16.7 Å². The Labute approximate surface area is 197 Å². The third-order valence-electron chi connectivity index (χ3n) is 6.58. The molecular weight excluding hydrogens is 396 g/mol. The van der Waals surface area contributed by atoms with Gasteiger partial charge >= 0.3 is 0 Å². The molecule has 160 valence electrons. The lowest BCUT2D eigenvalue weighted by Crippen LogP contribution is -1.93. The first-order valence-corrected chi connectivity index (χ1v) is 11.5. The highest BCUT2D eigenvalue weighted by Crippen LogP contribution is 2.37. The van der Waals surface area contributed by atoms with E-state index in [-0.39, 0.29) is 0 Å². The van der Waals surface area contributed by atoms with Gasteiger partial charge in [0.2, 0.25) is 0 Å². The summed E-state index contributed by atoms with van der Waals surface area (Å²) < 4.78 is 0. The van der Waals surface area contributed by atoms with Gasteiger partial charge < -0.3 is 0 Å². The van der Waals surface area contributed by atoms with Crippen LogP contribution in [0.25, 0.3) is 44.5 Å². The van der Waals surface area contributed by atoms with E-state index in [1.807, 2.05) is 0 Å². The smallest absolute Gasteiger partial charge is 0.0146 e. The van der Waals surface area contributed by atoms with E-state index < -0.39 is 0 Å². The van der Waals surface area contributed by atoms with E-state index in [9.17, 15) is 0 Å². The van der Waals surface area contributed by atoms with Crippen molar-refractivity contribution in [3.63, 3.8) is 0 Å². The van der Waals surface area contributed by atoms with Crippen molar-refractivity contribution >= 4 is 0 Å². The van der Waals surface area contributed by atoms with Crippen LogP contribution in [0, 0.1) is 20.8 Å². The molecule has 0 saturated carbocycles. The summed E-state index contributed by atoms with van der Waals surface area (Å²) in [5, 5.41) is 0.